The maximum Gasteiger partial charge on any atom is 0.0799 e. The summed E-state index contributed by atoms with van der Waals surface area (Å²) in [5.74, 6) is 0. The first-order valence-electron chi connectivity index (χ1n) is 8.75. The Morgan fingerprint density at radius 3 is 2.14 bits per heavy atom. The van der Waals surface area contributed by atoms with Crippen molar-refractivity contribution in [3.8, 4) is 0 Å². The van der Waals surface area contributed by atoms with Crippen molar-refractivity contribution in [2.24, 2.45) is 7.05 Å². The van der Waals surface area contributed by atoms with Gasteiger partial charge in [-0.15, -0.1) is 0 Å². The highest BCUT2D eigenvalue weighted by molar-refractivity contribution is 5.31. The van der Waals surface area contributed by atoms with E-state index >= 15 is 0 Å². The van der Waals surface area contributed by atoms with Crippen LogP contribution in [-0.2, 0) is 25.4 Å². The SMILES string of the molecule is CCc1c(CN2CCN(C(C)C)CC2)nn(C)c1C(C)(C)C. The summed E-state index contributed by atoms with van der Waals surface area (Å²) >= 11 is 0. The van der Waals surface area contributed by atoms with Crippen LogP contribution in [-0.4, -0.2) is 51.8 Å². The third kappa shape index (κ3) is 3.72. The normalized spacial score (nSPS) is 18.4. The fourth-order valence-electron chi connectivity index (χ4n) is 3.71. The molecule has 4 heteroatoms. The van der Waals surface area contributed by atoms with Gasteiger partial charge >= 0.3 is 0 Å². The van der Waals surface area contributed by atoms with E-state index in [1.54, 1.807) is 0 Å². The molecule has 22 heavy (non-hydrogen) atoms. The van der Waals surface area contributed by atoms with Crippen LogP contribution < -0.4 is 0 Å². The average Bonchev–Trinajstić information content (AvgIpc) is 2.74. The topological polar surface area (TPSA) is 24.3 Å². The summed E-state index contributed by atoms with van der Waals surface area (Å²) in [4.78, 5) is 5.13. The lowest BCUT2D eigenvalue weighted by molar-refractivity contribution is 0.103. The Morgan fingerprint density at radius 2 is 1.68 bits per heavy atom. The molecule has 1 aromatic heterocycles. The number of piperazine rings is 1. The van der Waals surface area contributed by atoms with Crippen LogP contribution in [0.25, 0.3) is 0 Å². The van der Waals surface area contributed by atoms with Crippen LogP contribution in [0.4, 0.5) is 0 Å². The van der Waals surface area contributed by atoms with Crippen molar-refractivity contribution in [2.75, 3.05) is 26.2 Å². The molecule has 1 aliphatic heterocycles. The van der Waals surface area contributed by atoms with E-state index in [-0.39, 0.29) is 5.41 Å². The van der Waals surface area contributed by atoms with Crippen molar-refractivity contribution in [1.29, 1.82) is 0 Å². The van der Waals surface area contributed by atoms with Crippen molar-refractivity contribution in [1.82, 2.24) is 19.6 Å². The average molecular weight is 306 g/mol. The first-order valence-corrected chi connectivity index (χ1v) is 8.75. The first-order chi connectivity index (χ1) is 10.2. The van der Waals surface area contributed by atoms with Crippen molar-refractivity contribution < 1.29 is 0 Å². The molecule has 0 amide bonds. The van der Waals surface area contributed by atoms with Gasteiger partial charge in [0.2, 0.25) is 0 Å². The highest BCUT2D eigenvalue weighted by Crippen LogP contribution is 2.28. The lowest BCUT2D eigenvalue weighted by Gasteiger charge is -2.36. The molecule has 2 heterocycles. The van der Waals surface area contributed by atoms with Crippen LogP contribution in [0.5, 0.6) is 0 Å². The van der Waals surface area contributed by atoms with E-state index in [9.17, 15) is 0 Å². The first kappa shape index (κ1) is 17.5. The standard InChI is InChI=1S/C18H34N4/c1-8-15-16(19-20(7)17(15)18(4,5)6)13-21-9-11-22(12-10-21)14(2)3/h14H,8-13H2,1-7H3. The molecular formula is C18H34N4. The Balaban J connectivity index is 2.11. The van der Waals surface area contributed by atoms with Gasteiger partial charge < -0.3 is 0 Å². The Labute approximate surface area is 136 Å². The van der Waals surface area contributed by atoms with Crippen LogP contribution in [0.1, 0.15) is 58.5 Å². The van der Waals surface area contributed by atoms with E-state index in [1.807, 2.05) is 0 Å². The van der Waals surface area contributed by atoms with Gasteiger partial charge in [-0.2, -0.15) is 5.10 Å². The van der Waals surface area contributed by atoms with Crippen molar-refractivity contribution in [3.05, 3.63) is 17.0 Å². The third-order valence-corrected chi connectivity index (χ3v) is 4.80. The second kappa shape index (κ2) is 6.71. The Morgan fingerprint density at radius 1 is 1.09 bits per heavy atom. The van der Waals surface area contributed by atoms with Gasteiger partial charge in [-0.1, -0.05) is 27.7 Å². The summed E-state index contributed by atoms with van der Waals surface area (Å²) in [6.45, 7) is 19.4. The van der Waals surface area contributed by atoms with Crippen LogP contribution in [0.15, 0.2) is 0 Å². The number of aryl methyl sites for hydroxylation is 1. The van der Waals surface area contributed by atoms with Crippen LogP contribution >= 0.6 is 0 Å². The molecule has 2 rings (SSSR count). The van der Waals surface area contributed by atoms with E-state index in [4.69, 9.17) is 5.10 Å². The maximum absolute atomic E-state index is 4.86. The van der Waals surface area contributed by atoms with Crippen molar-refractivity contribution in [2.45, 2.75) is 66.0 Å². The predicted octanol–water partition coefficient (Wildman–Crippen LogP) is 2.81. The molecule has 1 saturated heterocycles. The monoisotopic (exact) mass is 306 g/mol. The zero-order chi connectivity index (χ0) is 16.5. The van der Waals surface area contributed by atoms with Gasteiger partial charge in [-0.25, -0.2) is 0 Å². The Hall–Kier alpha value is -0.870. The zero-order valence-electron chi connectivity index (χ0n) is 15.6. The predicted molar refractivity (Wildman–Crippen MR) is 93.3 cm³/mol. The molecule has 126 valence electrons. The van der Waals surface area contributed by atoms with Crippen LogP contribution in [0.3, 0.4) is 0 Å². The molecule has 0 radical (unpaired) electrons. The van der Waals surface area contributed by atoms with Crippen LogP contribution in [0.2, 0.25) is 0 Å². The number of aromatic nitrogens is 2. The number of hydrogen-bond acceptors (Lipinski definition) is 3. The summed E-state index contributed by atoms with van der Waals surface area (Å²) in [5.41, 5.74) is 4.29. The van der Waals surface area contributed by atoms with E-state index in [0.29, 0.717) is 6.04 Å². The van der Waals surface area contributed by atoms with E-state index < -0.39 is 0 Å². The molecule has 4 nitrogen and oxygen atoms in total. The lowest BCUT2D eigenvalue weighted by atomic mass is 9.87. The second-order valence-electron chi connectivity index (χ2n) is 7.91. The summed E-state index contributed by atoms with van der Waals surface area (Å²) < 4.78 is 2.11. The van der Waals surface area contributed by atoms with Gasteiger partial charge in [0.15, 0.2) is 0 Å². The zero-order valence-corrected chi connectivity index (χ0v) is 15.6. The molecule has 0 N–H and O–H groups in total. The molecule has 0 atom stereocenters. The van der Waals surface area contributed by atoms with Gasteiger partial charge in [0.05, 0.1) is 5.69 Å². The van der Waals surface area contributed by atoms with E-state index in [2.05, 4.69) is 63.1 Å². The smallest absolute Gasteiger partial charge is 0.0799 e. The minimum Gasteiger partial charge on any atom is -0.298 e. The molecule has 0 aromatic carbocycles. The number of rotatable bonds is 4. The molecule has 0 unspecified atom stereocenters. The van der Waals surface area contributed by atoms with Crippen molar-refractivity contribution in [3.63, 3.8) is 0 Å². The van der Waals surface area contributed by atoms with E-state index in [1.165, 1.54) is 30.0 Å². The minimum atomic E-state index is 0.154. The molecular weight excluding hydrogens is 272 g/mol. The van der Waals surface area contributed by atoms with Gasteiger partial charge in [0.1, 0.15) is 0 Å². The third-order valence-electron chi connectivity index (χ3n) is 4.80. The molecule has 1 fully saturated rings. The fourth-order valence-corrected chi connectivity index (χ4v) is 3.71. The lowest BCUT2D eigenvalue weighted by Crippen LogP contribution is -2.48. The summed E-state index contributed by atoms with van der Waals surface area (Å²) in [5, 5.41) is 4.86. The van der Waals surface area contributed by atoms with Gasteiger partial charge in [0.25, 0.3) is 0 Å². The molecule has 0 bridgehead atoms. The molecule has 0 spiro atoms. The van der Waals surface area contributed by atoms with E-state index in [0.717, 1.165) is 26.1 Å². The summed E-state index contributed by atoms with van der Waals surface area (Å²) in [6.07, 6.45) is 1.07. The van der Waals surface area contributed by atoms with Gasteiger partial charge in [0, 0.05) is 56.9 Å². The fraction of sp³-hybridized carbons (Fsp3) is 0.833. The quantitative estimate of drug-likeness (QED) is 0.855. The van der Waals surface area contributed by atoms with Crippen molar-refractivity contribution >= 4 is 0 Å². The largest absolute Gasteiger partial charge is 0.298 e. The molecule has 0 aliphatic carbocycles. The molecule has 0 saturated carbocycles. The minimum absolute atomic E-state index is 0.154. The second-order valence-corrected chi connectivity index (χ2v) is 7.91. The molecule has 1 aromatic rings. The van der Waals surface area contributed by atoms with Crippen LogP contribution in [0, 0.1) is 0 Å². The summed E-state index contributed by atoms with van der Waals surface area (Å²) in [7, 11) is 2.10. The summed E-state index contributed by atoms with van der Waals surface area (Å²) in [6, 6.07) is 0.663. The number of hydrogen-bond donors (Lipinski definition) is 0. The Kier molecular flexibility index (Phi) is 5.33. The maximum atomic E-state index is 4.86. The number of nitrogens with zero attached hydrogens (tertiary/aromatic N) is 4. The van der Waals surface area contributed by atoms with Gasteiger partial charge in [-0.05, 0) is 25.8 Å². The highest BCUT2D eigenvalue weighted by atomic mass is 15.3. The highest BCUT2D eigenvalue weighted by Gasteiger charge is 2.27. The molecule has 1 aliphatic rings. The van der Waals surface area contributed by atoms with Gasteiger partial charge in [-0.3, -0.25) is 14.5 Å². The Bertz CT molecular complexity index is 488.